The molecule has 2 fully saturated rings. The van der Waals surface area contributed by atoms with Crippen molar-refractivity contribution in [1.82, 2.24) is 10.2 Å². The molecule has 19 heavy (non-hydrogen) atoms. The molecule has 2 nitrogen and oxygen atoms in total. The van der Waals surface area contributed by atoms with E-state index in [1.165, 1.54) is 50.4 Å². The average Bonchev–Trinajstić information content (AvgIpc) is 2.42. The minimum absolute atomic E-state index is 0.773. The van der Waals surface area contributed by atoms with Crippen LogP contribution in [-0.2, 0) is 0 Å². The van der Waals surface area contributed by atoms with E-state index in [-0.39, 0.29) is 0 Å². The van der Waals surface area contributed by atoms with E-state index < -0.39 is 0 Å². The molecule has 3 atom stereocenters. The number of hydrogen-bond acceptors (Lipinski definition) is 3. The van der Waals surface area contributed by atoms with E-state index in [0.717, 1.165) is 30.3 Å². The van der Waals surface area contributed by atoms with Crippen LogP contribution in [0.1, 0.15) is 40.0 Å². The second kappa shape index (κ2) is 7.90. The summed E-state index contributed by atoms with van der Waals surface area (Å²) < 4.78 is 0. The highest BCUT2D eigenvalue weighted by Gasteiger charge is 2.32. The lowest BCUT2D eigenvalue weighted by atomic mass is 9.73. The second-order valence-electron chi connectivity index (χ2n) is 6.65. The molecule has 0 aromatic heterocycles. The van der Waals surface area contributed by atoms with E-state index in [4.69, 9.17) is 0 Å². The van der Waals surface area contributed by atoms with Crippen LogP contribution in [0.2, 0.25) is 0 Å². The highest BCUT2D eigenvalue weighted by molar-refractivity contribution is 7.99. The summed E-state index contributed by atoms with van der Waals surface area (Å²) in [6.45, 7) is 12.2. The molecule has 3 heteroatoms. The number of thioether (sulfide) groups is 1. The number of rotatable bonds is 5. The lowest BCUT2D eigenvalue weighted by Gasteiger charge is -2.41. The Kier molecular flexibility index (Phi) is 6.51. The van der Waals surface area contributed by atoms with Gasteiger partial charge in [0.05, 0.1) is 0 Å². The van der Waals surface area contributed by atoms with Crippen molar-refractivity contribution in [2.24, 2.45) is 17.8 Å². The van der Waals surface area contributed by atoms with E-state index >= 15 is 0 Å². The van der Waals surface area contributed by atoms with Gasteiger partial charge < -0.3 is 10.2 Å². The zero-order valence-corrected chi connectivity index (χ0v) is 13.8. The molecule has 0 aromatic carbocycles. The van der Waals surface area contributed by atoms with Crippen molar-refractivity contribution in [1.29, 1.82) is 0 Å². The third-order valence-corrected chi connectivity index (χ3v) is 5.97. The molecule has 1 saturated carbocycles. The molecule has 1 aliphatic carbocycles. The van der Waals surface area contributed by atoms with Gasteiger partial charge in [-0.1, -0.05) is 20.8 Å². The van der Waals surface area contributed by atoms with Crippen molar-refractivity contribution in [3.63, 3.8) is 0 Å². The Balaban J connectivity index is 1.90. The number of hydrogen-bond donors (Lipinski definition) is 1. The standard InChI is InChI=1S/C16H32N2S/c1-4-17-16-6-5-14(13(2)3)11-15(16)12-18-7-9-19-10-8-18/h13-17H,4-12H2,1-3H3. The summed E-state index contributed by atoms with van der Waals surface area (Å²) in [4.78, 5) is 2.72. The molecular formula is C16H32N2S. The SMILES string of the molecule is CCNC1CCC(C(C)C)CC1CN1CCSCC1. The van der Waals surface area contributed by atoms with E-state index in [2.05, 4.69) is 42.7 Å². The molecule has 0 bridgehead atoms. The average molecular weight is 285 g/mol. The largest absolute Gasteiger partial charge is 0.314 e. The van der Waals surface area contributed by atoms with Gasteiger partial charge in [-0.2, -0.15) is 11.8 Å². The normalized spacial score (nSPS) is 33.8. The Morgan fingerprint density at radius 1 is 1.21 bits per heavy atom. The molecule has 2 aliphatic rings. The Morgan fingerprint density at radius 2 is 1.95 bits per heavy atom. The molecule has 0 aromatic rings. The third kappa shape index (κ3) is 4.64. The molecular weight excluding hydrogens is 252 g/mol. The first kappa shape index (κ1) is 15.7. The molecule has 3 unspecified atom stereocenters. The van der Waals surface area contributed by atoms with Gasteiger partial charge in [0.15, 0.2) is 0 Å². The highest BCUT2D eigenvalue weighted by atomic mass is 32.2. The van der Waals surface area contributed by atoms with Crippen LogP contribution in [-0.4, -0.2) is 48.6 Å². The van der Waals surface area contributed by atoms with Crippen LogP contribution >= 0.6 is 11.8 Å². The molecule has 1 N–H and O–H groups in total. The van der Waals surface area contributed by atoms with Crippen LogP contribution in [0.3, 0.4) is 0 Å². The molecule has 1 heterocycles. The van der Waals surface area contributed by atoms with Crippen LogP contribution in [0, 0.1) is 17.8 Å². The molecule has 1 saturated heterocycles. The molecule has 2 rings (SSSR count). The fraction of sp³-hybridized carbons (Fsp3) is 1.00. The van der Waals surface area contributed by atoms with Crippen molar-refractivity contribution in [3.05, 3.63) is 0 Å². The molecule has 0 radical (unpaired) electrons. The smallest absolute Gasteiger partial charge is 0.0108 e. The lowest BCUT2D eigenvalue weighted by molar-refractivity contribution is 0.127. The number of nitrogens with zero attached hydrogens (tertiary/aromatic N) is 1. The fourth-order valence-electron chi connectivity index (χ4n) is 3.75. The Labute approximate surface area is 124 Å². The van der Waals surface area contributed by atoms with Crippen LogP contribution in [0.25, 0.3) is 0 Å². The maximum atomic E-state index is 3.75. The summed E-state index contributed by atoms with van der Waals surface area (Å²) in [7, 11) is 0. The van der Waals surface area contributed by atoms with Gasteiger partial charge in [0.25, 0.3) is 0 Å². The molecule has 0 spiro atoms. The predicted octanol–water partition coefficient (Wildman–Crippen LogP) is 3.09. The van der Waals surface area contributed by atoms with Gasteiger partial charge in [0.1, 0.15) is 0 Å². The van der Waals surface area contributed by atoms with E-state index in [1.54, 1.807) is 0 Å². The fourth-order valence-corrected chi connectivity index (χ4v) is 4.73. The monoisotopic (exact) mass is 284 g/mol. The zero-order chi connectivity index (χ0) is 13.7. The highest BCUT2D eigenvalue weighted by Crippen LogP contribution is 2.34. The van der Waals surface area contributed by atoms with E-state index in [0.29, 0.717) is 0 Å². The number of nitrogens with one attached hydrogen (secondary N) is 1. The Morgan fingerprint density at radius 3 is 2.58 bits per heavy atom. The van der Waals surface area contributed by atoms with Crippen molar-refractivity contribution in [2.45, 2.75) is 46.1 Å². The quantitative estimate of drug-likeness (QED) is 0.835. The van der Waals surface area contributed by atoms with Crippen LogP contribution in [0.15, 0.2) is 0 Å². The predicted molar refractivity (Wildman–Crippen MR) is 86.9 cm³/mol. The summed E-state index contributed by atoms with van der Waals surface area (Å²) in [6, 6.07) is 0.773. The van der Waals surface area contributed by atoms with Gasteiger partial charge in [0.2, 0.25) is 0 Å². The molecule has 0 amide bonds. The minimum Gasteiger partial charge on any atom is -0.314 e. The van der Waals surface area contributed by atoms with Crippen LogP contribution < -0.4 is 5.32 Å². The topological polar surface area (TPSA) is 15.3 Å². The Bertz CT molecular complexity index is 251. The van der Waals surface area contributed by atoms with Crippen molar-refractivity contribution >= 4 is 11.8 Å². The Hall–Kier alpha value is 0.270. The zero-order valence-electron chi connectivity index (χ0n) is 13.0. The van der Waals surface area contributed by atoms with Crippen molar-refractivity contribution < 1.29 is 0 Å². The first-order valence-corrected chi connectivity index (χ1v) is 9.39. The van der Waals surface area contributed by atoms with E-state index in [1.807, 2.05) is 0 Å². The van der Waals surface area contributed by atoms with E-state index in [9.17, 15) is 0 Å². The van der Waals surface area contributed by atoms with Crippen molar-refractivity contribution in [2.75, 3.05) is 37.7 Å². The first-order valence-electron chi connectivity index (χ1n) is 8.24. The summed E-state index contributed by atoms with van der Waals surface area (Å²) >= 11 is 2.12. The summed E-state index contributed by atoms with van der Waals surface area (Å²) in [5.74, 6) is 5.38. The van der Waals surface area contributed by atoms with Gasteiger partial charge in [-0.15, -0.1) is 0 Å². The van der Waals surface area contributed by atoms with Crippen LogP contribution in [0.5, 0.6) is 0 Å². The van der Waals surface area contributed by atoms with Crippen molar-refractivity contribution in [3.8, 4) is 0 Å². The van der Waals surface area contributed by atoms with Gasteiger partial charge in [-0.25, -0.2) is 0 Å². The second-order valence-corrected chi connectivity index (χ2v) is 7.88. The van der Waals surface area contributed by atoms with Gasteiger partial charge in [0, 0.05) is 37.2 Å². The van der Waals surface area contributed by atoms with Crippen LogP contribution in [0.4, 0.5) is 0 Å². The summed E-state index contributed by atoms with van der Waals surface area (Å²) in [6.07, 6.45) is 4.27. The maximum Gasteiger partial charge on any atom is 0.0108 e. The third-order valence-electron chi connectivity index (χ3n) is 5.03. The molecule has 112 valence electrons. The summed E-state index contributed by atoms with van der Waals surface area (Å²) in [5, 5.41) is 3.75. The minimum atomic E-state index is 0.773. The lowest BCUT2D eigenvalue weighted by Crippen LogP contribution is -2.47. The first-order chi connectivity index (χ1) is 9.20. The van der Waals surface area contributed by atoms with Gasteiger partial charge in [-0.05, 0) is 43.6 Å². The molecule has 1 aliphatic heterocycles. The van der Waals surface area contributed by atoms with Gasteiger partial charge in [-0.3, -0.25) is 0 Å². The maximum absolute atomic E-state index is 3.75. The van der Waals surface area contributed by atoms with Gasteiger partial charge >= 0.3 is 0 Å². The summed E-state index contributed by atoms with van der Waals surface area (Å²) in [5.41, 5.74) is 0.